The molecule has 22 heavy (non-hydrogen) atoms. The van der Waals surface area contributed by atoms with Gasteiger partial charge in [0, 0.05) is 25.0 Å². The number of hydrogen-bond acceptors (Lipinski definition) is 3. The minimum absolute atomic E-state index is 0.542. The average Bonchev–Trinajstić information content (AvgIpc) is 2.50. The maximum atomic E-state index is 5.85. The van der Waals surface area contributed by atoms with E-state index in [0.717, 1.165) is 42.3 Å². The van der Waals surface area contributed by atoms with Crippen LogP contribution in [0.25, 0.3) is 10.9 Å². The Hall–Kier alpha value is -2.30. The zero-order chi connectivity index (χ0) is 15.2. The molecule has 1 aliphatic carbocycles. The molecular formula is C17H23N5. The summed E-state index contributed by atoms with van der Waals surface area (Å²) in [6.45, 7) is 2.35. The number of fused-ring (bicyclic) bond motifs is 1. The van der Waals surface area contributed by atoms with Crippen LogP contribution in [-0.4, -0.2) is 30.6 Å². The van der Waals surface area contributed by atoms with Crippen LogP contribution in [0.5, 0.6) is 0 Å². The Bertz CT molecular complexity index is 648. The molecule has 0 aliphatic heterocycles. The van der Waals surface area contributed by atoms with E-state index in [0.29, 0.717) is 5.96 Å². The first kappa shape index (κ1) is 14.6. The van der Waals surface area contributed by atoms with Gasteiger partial charge in [-0.3, -0.25) is 4.99 Å². The molecule has 5 nitrogen and oxygen atoms in total. The number of aromatic nitrogens is 1. The van der Waals surface area contributed by atoms with E-state index < -0.39 is 0 Å². The van der Waals surface area contributed by atoms with Crippen LogP contribution < -0.4 is 16.4 Å². The highest BCUT2D eigenvalue weighted by atomic mass is 15.1. The Balaban J connectivity index is 1.41. The molecule has 3 rings (SSSR count). The second-order valence-corrected chi connectivity index (χ2v) is 5.77. The minimum atomic E-state index is 0.542. The fraction of sp³-hybridized carbons (Fsp3) is 0.412. The number of rotatable bonds is 6. The fourth-order valence-corrected chi connectivity index (χ4v) is 2.50. The molecule has 0 atom stereocenters. The first-order valence-corrected chi connectivity index (χ1v) is 7.95. The number of aliphatic imine (C=N–C) groups is 1. The number of nitrogens with one attached hydrogen (secondary N) is 2. The molecule has 0 unspecified atom stereocenters. The zero-order valence-corrected chi connectivity index (χ0v) is 12.8. The van der Waals surface area contributed by atoms with Gasteiger partial charge in [-0.15, -0.1) is 0 Å². The van der Waals surface area contributed by atoms with Gasteiger partial charge in [0.1, 0.15) is 5.82 Å². The highest BCUT2D eigenvalue weighted by molar-refractivity contribution is 5.80. The molecule has 0 radical (unpaired) electrons. The quantitative estimate of drug-likeness (QED) is 0.434. The van der Waals surface area contributed by atoms with Gasteiger partial charge in [-0.1, -0.05) is 24.6 Å². The van der Waals surface area contributed by atoms with Gasteiger partial charge in [0.05, 0.1) is 5.52 Å². The Morgan fingerprint density at radius 1 is 1.18 bits per heavy atom. The normalized spacial score (nSPS) is 15.5. The van der Waals surface area contributed by atoms with Gasteiger partial charge < -0.3 is 16.4 Å². The standard InChI is InChI=1S/C17H23N5/c18-17(21-12-13-4-3-5-13)20-11-10-19-16-9-8-14-6-1-2-7-15(14)22-16/h1-2,6-9,13H,3-5,10-12H2,(H,19,22)(H3,18,20,21). The third-order valence-electron chi connectivity index (χ3n) is 4.08. The van der Waals surface area contributed by atoms with E-state index in [1.165, 1.54) is 19.3 Å². The smallest absolute Gasteiger partial charge is 0.188 e. The van der Waals surface area contributed by atoms with Gasteiger partial charge >= 0.3 is 0 Å². The number of guanidine groups is 1. The van der Waals surface area contributed by atoms with Gasteiger partial charge in [0.15, 0.2) is 5.96 Å². The summed E-state index contributed by atoms with van der Waals surface area (Å²) >= 11 is 0. The molecule has 1 aromatic carbocycles. The maximum absolute atomic E-state index is 5.85. The topological polar surface area (TPSA) is 75.3 Å². The lowest BCUT2D eigenvalue weighted by Crippen LogP contribution is -2.35. The first-order valence-electron chi connectivity index (χ1n) is 7.95. The molecule has 0 amide bonds. The van der Waals surface area contributed by atoms with E-state index in [2.05, 4.69) is 32.7 Å². The Labute approximate surface area is 131 Å². The number of benzene rings is 1. The Morgan fingerprint density at radius 3 is 2.86 bits per heavy atom. The van der Waals surface area contributed by atoms with E-state index in [1.807, 2.05) is 24.3 Å². The third-order valence-corrected chi connectivity index (χ3v) is 4.08. The predicted molar refractivity (Wildman–Crippen MR) is 92.1 cm³/mol. The highest BCUT2D eigenvalue weighted by Gasteiger charge is 2.16. The van der Waals surface area contributed by atoms with Crippen molar-refractivity contribution in [2.45, 2.75) is 19.3 Å². The second-order valence-electron chi connectivity index (χ2n) is 5.77. The van der Waals surface area contributed by atoms with Gasteiger partial charge in [0.25, 0.3) is 0 Å². The summed E-state index contributed by atoms with van der Waals surface area (Å²) in [7, 11) is 0. The lowest BCUT2D eigenvalue weighted by Gasteiger charge is -2.23. The van der Waals surface area contributed by atoms with Gasteiger partial charge in [-0.25, -0.2) is 4.98 Å². The summed E-state index contributed by atoms with van der Waals surface area (Å²) in [5, 5.41) is 7.58. The highest BCUT2D eigenvalue weighted by Crippen LogP contribution is 2.26. The number of nitrogens with two attached hydrogens (primary N) is 1. The largest absolute Gasteiger partial charge is 0.370 e. The van der Waals surface area contributed by atoms with Crippen LogP contribution in [0.15, 0.2) is 41.4 Å². The van der Waals surface area contributed by atoms with Crippen LogP contribution in [0.4, 0.5) is 5.82 Å². The summed E-state index contributed by atoms with van der Waals surface area (Å²) in [4.78, 5) is 8.94. The molecule has 1 heterocycles. The summed E-state index contributed by atoms with van der Waals surface area (Å²) in [5.74, 6) is 2.17. The van der Waals surface area contributed by atoms with Crippen LogP contribution >= 0.6 is 0 Å². The molecular weight excluding hydrogens is 274 g/mol. The third kappa shape index (κ3) is 3.87. The zero-order valence-electron chi connectivity index (χ0n) is 12.8. The molecule has 0 bridgehead atoms. The van der Waals surface area contributed by atoms with E-state index >= 15 is 0 Å². The Morgan fingerprint density at radius 2 is 2.05 bits per heavy atom. The van der Waals surface area contributed by atoms with Crippen molar-refractivity contribution in [3.05, 3.63) is 36.4 Å². The van der Waals surface area contributed by atoms with Crippen molar-refractivity contribution >= 4 is 22.7 Å². The molecule has 1 aliphatic rings. The van der Waals surface area contributed by atoms with Crippen molar-refractivity contribution in [1.82, 2.24) is 10.3 Å². The maximum Gasteiger partial charge on any atom is 0.188 e. The monoisotopic (exact) mass is 297 g/mol. The van der Waals surface area contributed by atoms with Crippen LogP contribution in [0, 0.1) is 5.92 Å². The number of pyridine rings is 1. The molecule has 0 saturated heterocycles. The number of anilines is 1. The van der Waals surface area contributed by atoms with E-state index in [-0.39, 0.29) is 0 Å². The summed E-state index contributed by atoms with van der Waals surface area (Å²) in [5.41, 5.74) is 6.85. The van der Waals surface area contributed by atoms with Crippen molar-refractivity contribution in [3.8, 4) is 0 Å². The molecule has 4 N–H and O–H groups in total. The molecule has 2 aromatic rings. The van der Waals surface area contributed by atoms with E-state index in [1.54, 1.807) is 0 Å². The molecule has 116 valence electrons. The van der Waals surface area contributed by atoms with E-state index in [4.69, 9.17) is 5.73 Å². The average molecular weight is 297 g/mol. The number of para-hydroxylation sites is 1. The minimum Gasteiger partial charge on any atom is -0.370 e. The van der Waals surface area contributed by atoms with Crippen molar-refractivity contribution in [2.75, 3.05) is 25.0 Å². The van der Waals surface area contributed by atoms with Crippen LogP contribution in [0.1, 0.15) is 19.3 Å². The van der Waals surface area contributed by atoms with Crippen LogP contribution in [0.3, 0.4) is 0 Å². The SMILES string of the molecule is NC(=NCC1CCC1)NCCNc1ccc2ccccc2n1. The first-order chi connectivity index (χ1) is 10.8. The van der Waals surface area contributed by atoms with Crippen LogP contribution in [0.2, 0.25) is 0 Å². The number of nitrogens with zero attached hydrogens (tertiary/aromatic N) is 2. The molecule has 1 saturated carbocycles. The summed E-state index contributed by atoms with van der Waals surface area (Å²) in [6, 6.07) is 12.2. The summed E-state index contributed by atoms with van der Waals surface area (Å²) < 4.78 is 0. The van der Waals surface area contributed by atoms with Gasteiger partial charge in [-0.05, 0) is 37.0 Å². The lowest BCUT2D eigenvalue weighted by atomic mass is 9.86. The molecule has 0 spiro atoms. The number of hydrogen-bond donors (Lipinski definition) is 3. The second kappa shape index (κ2) is 7.11. The fourth-order valence-electron chi connectivity index (χ4n) is 2.50. The molecule has 1 aromatic heterocycles. The Kier molecular flexibility index (Phi) is 4.73. The van der Waals surface area contributed by atoms with Crippen molar-refractivity contribution < 1.29 is 0 Å². The lowest BCUT2D eigenvalue weighted by molar-refractivity contribution is 0.326. The molecule has 1 fully saturated rings. The van der Waals surface area contributed by atoms with Crippen molar-refractivity contribution in [3.63, 3.8) is 0 Å². The molecule has 5 heteroatoms. The van der Waals surface area contributed by atoms with E-state index in [9.17, 15) is 0 Å². The van der Waals surface area contributed by atoms with Crippen LogP contribution in [-0.2, 0) is 0 Å². The van der Waals surface area contributed by atoms with Crippen molar-refractivity contribution in [2.24, 2.45) is 16.6 Å². The van der Waals surface area contributed by atoms with Gasteiger partial charge in [-0.2, -0.15) is 0 Å². The van der Waals surface area contributed by atoms with Gasteiger partial charge in [0.2, 0.25) is 0 Å². The predicted octanol–water partition coefficient (Wildman–Crippen LogP) is 2.35. The van der Waals surface area contributed by atoms with Crippen molar-refractivity contribution in [1.29, 1.82) is 0 Å². The summed E-state index contributed by atoms with van der Waals surface area (Å²) in [6.07, 6.45) is 3.94.